The Morgan fingerprint density at radius 3 is 2.90 bits per heavy atom. The maximum absolute atomic E-state index is 13.4. The molecular formula is C15H12ClFN2O. The third-order valence-electron chi connectivity index (χ3n) is 3.40. The Bertz CT molecular complexity index is 702. The summed E-state index contributed by atoms with van der Waals surface area (Å²) in [7, 11) is 0. The minimum Gasteiger partial charge on any atom is -0.399 e. The monoisotopic (exact) mass is 290 g/mol. The fourth-order valence-electron chi connectivity index (χ4n) is 2.42. The summed E-state index contributed by atoms with van der Waals surface area (Å²) < 4.78 is 13.4. The van der Waals surface area contributed by atoms with E-state index in [4.69, 9.17) is 17.3 Å². The lowest BCUT2D eigenvalue weighted by molar-refractivity contribution is -0.117. The molecule has 3 nitrogen and oxygen atoms in total. The van der Waals surface area contributed by atoms with Gasteiger partial charge in [-0.2, -0.15) is 0 Å². The van der Waals surface area contributed by atoms with Gasteiger partial charge in [0.2, 0.25) is 5.91 Å². The van der Waals surface area contributed by atoms with E-state index < -0.39 is 5.82 Å². The van der Waals surface area contributed by atoms with E-state index in [0.29, 0.717) is 17.7 Å². The molecule has 0 spiro atoms. The van der Waals surface area contributed by atoms with Gasteiger partial charge in [0.05, 0.1) is 18.0 Å². The van der Waals surface area contributed by atoms with E-state index >= 15 is 0 Å². The molecule has 20 heavy (non-hydrogen) atoms. The fourth-order valence-corrected chi connectivity index (χ4v) is 2.60. The molecule has 0 radical (unpaired) electrons. The molecule has 2 aromatic carbocycles. The number of halogens is 2. The summed E-state index contributed by atoms with van der Waals surface area (Å²) in [5.41, 5.74) is 8.63. The molecule has 0 aromatic heterocycles. The molecule has 2 N–H and O–H groups in total. The molecule has 0 aliphatic carbocycles. The largest absolute Gasteiger partial charge is 0.399 e. The second kappa shape index (κ2) is 4.80. The topological polar surface area (TPSA) is 46.3 Å². The Morgan fingerprint density at radius 2 is 2.10 bits per heavy atom. The van der Waals surface area contributed by atoms with Crippen molar-refractivity contribution >= 4 is 28.9 Å². The van der Waals surface area contributed by atoms with E-state index in [1.165, 1.54) is 6.07 Å². The van der Waals surface area contributed by atoms with Gasteiger partial charge in [0.15, 0.2) is 0 Å². The average molecular weight is 291 g/mol. The van der Waals surface area contributed by atoms with Crippen LogP contribution in [0.25, 0.3) is 0 Å². The van der Waals surface area contributed by atoms with Gasteiger partial charge in [-0.25, -0.2) is 4.39 Å². The van der Waals surface area contributed by atoms with Crippen LogP contribution in [-0.4, -0.2) is 5.91 Å². The number of hydrogen-bond acceptors (Lipinski definition) is 2. The lowest BCUT2D eigenvalue weighted by atomic mass is 10.1. The van der Waals surface area contributed by atoms with Gasteiger partial charge in [0, 0.05) is 11.4 Å². The SMILES string of the molecule is Nc1ccc2c(c1)CC(=O)N2Cc1cccc(F)c1Cl. The van der Waals surface area contributed by atoms with Crippen molar-refractivity contribution in [3.63, 3.8) is 0 Å². The van der Waals surface area contributed by atoms with Gasteiger partial charge in [0.25, 0.3) is 0 Å². The van der Waals surface area contributed by atoms with Gasteiger partial charge < -0.3 is 10.6 Å². The molecule has 5 heteroatoms. The summed E-state index contributed by atoms with van der Waals surface area (Å²) >= 11 is 5.94. The number of nitrogens with zero attached hydrogens (tertiary/aromatic N) is 1. The van der Waals surface area contributed by atoms with E-state index in [-0.39, 0.29) is 17.5 Å². The van der Waals surface area contributed by atoms with Crippen LogP contribution in [0.4, 0.5) is 15.8 Å². The van der Waals surface area contributed by atoms with Crippen molar-refractivity contribution in [1.29, 1.82) is 0 Å². The summed E-state index contributed by atoms with van der Waals surface area (Å²) in [6.45, 7) is 0.256. The Kier molecular flexibility index (Phi) is 3.10. The molecule has 1 aliphatic heterocycles. The first-order valence-electron chi connectivity index (χ1n) is 6.18. The molecule has 0 saturated heterocycles. The van der Waals surface area contributed by atoms with Crippen molar-refractivity contribution in [3.05, 3.63) is 58.4 Å². The van der Waals surface area contributed by atoms with Gasteiger partial charge in [-0.15, -0.1) is 0 Å². The molecule has 2 aromatic rings. The molecule has 0 saturated carbocycles. The van der Waals surface area contributed by atoms with Crippen molar-refractivity contribution in [3.8, 4) is 0 Å². The number of hydrogen-bond donors (Lipinski definition) is 1. The highest BCUT2D eigenvalue weighted by atomic mass is 35.5. The van der Waals surface area contributed by atoms with Crippen molar-refractivity contribution in [2.24, 2.45) is 0 Å². The van der Waals surface area contributed by atoms with E-state index in [1.54, 1.807) is 29.2 Å². The molecule has 1 aliphatic rings. The minimum atomic E-state index is -0.478. The first-order valence-corrected chi connectivity index (χ1v) is 6.55. The number of nitrogen functional groups attached to an aromatic ring is 1. The molecule has 102 valence electrons. The first-order chi connectivity index (χ1) is 9.56. The van der Waals surface area contributed by atoms with Gasteiger partial charge in [-0.3, -0.25) is 4.79 Å². The number of nitrogens with two attached hydrogens (primary N) is 1. The summed E-state index contributed by atoms with van der Waals surface area (Å²) in [6.07, 6.45) is 0.313. The van der Waals surface area contributed by atoms with E-state index in [1.807, 2.05) is 6.07 Å². The maximum atomic E-state index is 13.4. The number of amides is 1. The highest BCUT2D eigenvalue weighted by Crippen LogP contribution is 2.33. The normalized spacial score (nSPS) is 13.7. The zero-order valence-corrected chi connectivity index (χ0v) is 11.3. The van der Waals surface area contributed by atoms with Crippen molar-refractivity contribution in [2.45, 2.75) is 13.0 Å². The smallest absolute Gasteiger partial charge is 0.231 e. The van der Waals surface area contributed by atoms with Crippen molar-refractivity contribution in [1.82, 2.24) is 0 Å². The van der Waals surface area contributed by atoms with Gasteiger partial charge >= 0.3 is 0 Å². The van der Waals surface area contributed by atoms with Crippen molar-refractivity contribution in [2.75, 3.05) is 10.6 Å². The zero-order chi connectivity index (χ0) is 14.3. The summed E-state index contributed by atoms with van der Waals surface area (Å²) in [5, 5.41) is 0.0594. The molecule has 1 amide bonds. The third-order valence-corrected chi connectivity index (χ3v) is 3.82. The van der Waals surface area contributed by atoms with Gasteiger partial charge in [-0.05, 0) is 35.4 Å². The first kappa shape index (κ1) is 12.9. The Hall–Kier alpha value is -2.07. The summed E-state index contributed by atoms with van der Waals surface area (Å²) in [6, 6.07) is 9.95. The molecule has 0 unspecified atom stereocenters. The van der Waals surface area contributed by atoms with Crippen LogP contribution >= 0.6 is 11.6 Å². The van der Waals surface area contributed by atoms with E-state index in [0.717, 1.165) is 11.3 Å². The Balaban J connectivity index is 1.96. The number of fused-ring (bicyclic) bond motifs is 1. The van der Waals surface area contributed by atoms with E-state index in [2.05, 4.69) is 0 Å². The second-order valence-corrected chi connectivity index (χ2v) is 5.14. The quantitative estimate of drug-likeness (QED) is 0.864. The number of rotatable bonds is 2. The van der Waals surface area contributed by atoms with Crippen molar-refractivity contribution < 1.29 is 9.18 Å². The lowest BCUT2D eigenvalue weighted by Crippen LogP contribution is -2.26. The minimum absolute atomic E-state index is 0.0362. The number of carbonyl (C=O) groups excluding carboxylic acids is 1. The number of benzene rings is 2. The van der Waals surface area contributed by atoms with Crippen LogP contribution < -0.4 is 10.6 Å². The molecular weight excluding hydrogens is 279 g/mol. The Morgan fingerprint density at radius 1 is 1.30 bits per heavy atom. The average Bonchev–Trinajstić information content (AvgIpc) is 2.70. The predicted octanol–water partition coefficient (Wildman–Crippen LogP) is 3.15. The Labute approximate surface area is 120 Å². The fraction of sp³-hybridized carbons (Fsp3) is 0.133. The maximum Gasteiger partial charge on any atom is 0.231 e. The van der Waals surface area contributed by atoms with Crippen LogP contribution in [0.5, 0.6) is 0 Å². The number of carbonyl (C=O) groups is 1. The summed E-state index contributed by atoms with van der Waals surface area (Å²) in [4.78, 5) is 13.7. The highest BCUT2D eigenvalue weighted by Gasteiger charge is 2.27. The van der Waals surface area contributed by atoms with Crippen LogP contribution in [0.2, 0.25) is 5.02 Å². The van der Waals surface area contributed by atoms with Crippen LogP contribution in [0.3, 0.4) is 0 Å². The van der Waals surface area contributed by atoms with Gasteiger partial charge in [0.1, 0.15) is 5.82 Å². The van der Waals surface area contributed by atoms with Crippen LogP contribution in [0, 0.1) is 5.82 Å². The van der Waals surface area contributed by atoms with E-state index in [9.17, 15) is 9.18 Å². The van der Waals surface area contributed by atoms with Gasteiger partial charge in [-0.1, -0.05) is 23.7 Å². The molecule has 0 fully saturated rings. The lowest BCUT2D eigenvalue weighted by Gasteiger charge is -2.18. The highest BCUT2D eigenvalue weighted by molar-refractivity contribution is 6.31. The summed E-state index contributed by atoms with van der Waals surface area (Å²) in [5.74, 6) is -0.515. The second-order valence-electron chi connectivity index (χ2n) is 4.76. The zero-order valence-electron chi connectivity index (χ0n) is 10.6. The standard InChI is InChI=1S/C15H12ClFN2O/c16-15-9(2-1-3-12(15)17)8-19-13-5-4-11(18)6-10(13)7-14(19)20/h1-6H,7-8,18H2. The molecule has 0 bridgehead atoms. The molecule has 1 heterocycles. The predicted molar refractivity (Wildman–Crippen MR) is 77.2 cm³/mol. The van der Waals surface area contributed by atoms with Crippen LogP contribution in [0.15, 0.2) is 36.4 Å². The molecule has 3 rings (SSSR count). The third kappa shape index (κ3) is 2.12. The number of anilines is 2. The van der Waals surface area contributed by atoms with Crippen LogP contribution in [0.1, 0.15) is 11.1 Å². The van der Waals surface area contributed by atoms with Crippen LogP contribution in [-0.2, 0) is 17.8 Å². The molecule has 0 atom stereocenters.